The zero-order valence-electron chi connectivity index (χ0n) is 9.03. The summed E-state index contributed by atoms with van der Waals surface area (Å²) in [6, 6.07) is 0. The predicted octanol–water partition coefficient (Wildman–Crippen LogP) is 2.27. The summed E-state index contributed by atoms with van der Waals surface area (Å²) in [6.07, 6.45) is 1.26. The largest absolute Gasteiger partial charge is 0.464 e. The molecule has 0 aliphatic heterocycles. The van der Waals surface area contributed by atoms with Crippen LogP contribution in [0.1, 0.15) is 39.2 Å². The number of imidazole rings is 1. The first kappa shape index (κ1) is 10.8. The van der Waals surface area contributed by atoms with Gasteiger partial charge in [0.15, 0.2) is 0 Å². The van der Waals surface area contributed by atoms with Crippen molar-refractivity contribution in [1.82, 2.24) is 9.55 Å². The van der Waals surface area contributed by atoms with Crippen LogP contribution < -0.4 is 0 Å². The third kappa shape index (κ3) is 1.95. The molecule has 0 unspecified atom stereocenters. The third-order valence-corrected chi connectivity index (χ3v) is 2.07. The fourth-order valence-corrected chi connectivity index (χ4v) is 1.19. The van der Waals surface area contributed by atoms with Gasteiger partial charge < -0.3 is 5.11 Å². The van der Waals surface area contributed by atoms with Gasteiger partial charge in [-0.2, -0.15) is 0 Å². The highest BCUT2D eigenvalue weighted by Crippen LogP contribution is 2.21. The fourth-order valence-electron chi connectivity index (χ4n) is 1.19. The predicted molar refractivity (Wildman–Crippen MR) is 53.7 cm³/mol. The van der Waals surface area contributed by atoms with E-state index in [0.29, 0.717) is 12.2 Å². The normalized spacial score (nSPS) is 11.7. The number of hydrogen-bond acceptors (Lipinski definition) is 2. The van der Waals surface area contributed by atoms with E-state index >= 15 is 0 Å². The van der Waals surface area contributed by atoms with Crippen LogP contribution in [0.4, 0.5) is 4.79 Å². The summed E-state index contributed by atoms with van der Waals surface area (Å²) in [5.41, 5.74) is 0.710. The Balaban J connectivity index is 3.20. The van der Waals surface area contributed by atoms with Crippen molar-refractivity contribution in [3.8, 4) is 0 Å². The topological polar surface area (TPSA) is 55.1 Å². The van der Waals surface area contributed by atoms with Gasteiger partial charge in [0.25, 0.3) is 0 Å². The highest BCUT2D eigenvalue weighted by molar-refractivity contribution is 5.68. The molecule has 0 saturated heterocycles. The van der Waals surface area contributed by atoms with Gasteiger partial charge in [-0.05, 0) is 0 Å². The summed E-state index contributed by atoms with van der Waals surface area (Å²) in [5.74, 6) is 0.599. The minimum atomic E-state index is -0.968. The van der Waals surface area contributed by atoms with Crippen molar-refractivity contribution in [1.29, 1.82) is 0 Å². The molecule has 0 bridgehead atoms. The van der Waals surface area contributed by atoms with Gasteiger partial charge in [-0.1, -0.05) is 27.7 Å². The van der Waals surface area contributed by atoms with Gasteiger partial charge in [-0.3, -0.25) is 0 Å². The third-order valence-electron chi connectivity index (χ3n) is 2.07. The standard InChI is InChI=1S/C10H16N2O2/c1-5-8-11-7(10(2,3)4)6-12(8)9(13)14/h6H,5H2,1-4H3,(H,13,14). The molecular weight excluding hydrogens is 180 g/mol. The molecule has 14 heavy (non-hydrogen) atoms. The number of carbonyl (C=O) groups is 1. The molecule has 0 amide bonds. The summed E-state index contributed by atoms with van der Waals surface area (Å²) < 4.78 is 1.20. The lowest BCUT2D eigenvalue weighted by Crippen LogP contribution is -2.12. The molecule has 0 aliphatic carbocycles. The van der Waals surface area contributed by atoms with E-state index in [4.69, 9.17) is 5.11 Å². The molecule has 0 atom stereocenters. The molecule has 1 aromatic heterocycles. The Bertz CT molecular complexity index is 347. The van der Waals surface area contributed by atoms with Crippen molar-refractivity contribution in [2.75, 3.05) is 0 Å². The lowest BCUT2D eigenvalue weighted by atomic mass is 9.93. The molecule has 0 saturated carbocycles. The molecule has 78 valence electrons. The summed E-state index contributed by atoms with van der Waals surface area (Å²) in [6.45, 7) is 7.94. The van der Waals surface area contributed by atoms with Crippen LogP contribution in [0.3, 0.4) is 0 Å². The van der Waals surface area contributed by atoms with Crippen LogP contribution in [0.15, 0.2) is 6.20 Å². The Morgan fingerprint density at radius 1 is 1.57 bits per heavy atom. The van der Waals surface area contributed by atoms with Gasteiger partial charge in [0.1, 0.15) is 5.82 Å². The first-order chi connectivity index (χ1) is 6.36. The first-order valence-corrected chi connectivity index (χ1v) is 4.68. The van der Waals surface area contributed by atoms with Crippen LogP contribution in [0.5, 0.6) is 0 Å². The van der Waals surface area contributed by atoms with E-state index in [2.05, 4.69) is 4.98 Å². The van der Waals surface area contributed by atoms with Crippen LogP contribution in [0, 0.1) is 0 Å². The molecule has 4 nitrogen and oxygen atoms in total. The zero-order chi connectivity index (χ0) is 10.9. The molecule has 0 fully saturated rings. The van der Waals surface area contributed by atoms with Crippen molar-refractivity contribution in [3.63, 3.8) is 0 Å². The van der Waals surface area contributed by atoms with Crippen LogP contribution in [-0.2, 0) is 11.8 Å². The number of hydrogen-bond donors (Lipinski definition) is 1. The second-order valence-corrected chi connectivity index (χ2v) is 4.30. The van der Waals surface area contributed by atoms with Gasteiger partial charge in [0, 0.05) is 18.0 Å². The van der Waals surface area contributed by atoms with Crippen molar-refractivity contribution < 1.29 is 9.90 Å². The van der Waals surface area contributed by atoms with E-state index in [-0.39, 0.29) is 5.41 Å². The molecular formula is C10H16N2O2. The van der Waals surface area contributed by atoms with Crippen LogP contribution in [0.25, 0.3) is 0 Å². The Morgan fingerprint density at radius 3 is 2.43 bits per heavy atom. The summed E-state index contributed by atoms with van der Waals surface area (Å²) in [4.78, 5) is 15.1. The molecule has 0 aromatic carbocycles. The van der Waals surface area contributed by atoms with Gasteiger partial charge in [0.2, 0.25) is 0 Å². The molecule has 0 radical (unpaired) electrons. The zero-order valence-corrected chi connectivity index (χ0v) is 9.03. The van der Waals surface area contributed by atoms with Crippen LogP contribution in [-0.4, -0.2) is 20.8 Å². The number of aromatic nitrogens is 2. The average molecular weight is 196 g/mol. The smallest absolute Gasteiger partial charge is 0.417 e. The van der Waals surface area contributed by atoms with E-state index in [1.165, 1.54) is 4.57 Å². The Labute approximate surface area is 83.6 Å². The van der Waals surface area contributed by atoms with Crippen molar-refractivity contribution in [2.24, 2.45) is 0 Å². The van der Waals surface area contributed by atoms with Gasteiger partial charge in [0.05, 0.1) is 5.69 Å². The van der Waals surface area contributed by atoms with Crippen LogP contribution in [0.2, 0.25) is 0 Å². The first-order valence-electron chi connectivity index (χ1n) is 4.68. The van der Waals surface area contributed by atoms with E-state index < -0.39 is 6.09 Å². The van der Waals surface area contributed by atoms with Gasteiger partial charge >= 0.3 is 6.09 Å². The van der Waals surface area contributed by atoms with Gasteiger partial charge in [-0.15, -0.1) is 0 Å². The second kappa shape index (κ2) is 3.44. The van der Waals surface area contributed by atoms with Crippen molar-refractivity contribution in [3.05, 3.63) is 17.7 Å². The van der Waals surface area contributed by atoms with E-state index in [0.717, 1.165) is 5.69 Å². The maximum absolute atomic E-state index is 10.8. The molecule has 1 rings (SSSR count). The highest BCUT2D eigenvalue weighted by atomic mass is 16.4. The summed E-state index contributed by atoms with van der Waals surface area (Å²) >= 11 is 0. The second-order valence-electron chi connectivity index (χ2n) is 4.30. The number of rotatable bonds is 1. The minimum Gasteiger partial charge on any atom is -0.464 e. The van der Waals surface area contributed by atoms with Crippen LogP contribution >= 0.6 is 0 Å². The summed E-state index contributed by atoms with van der Waals surface area (Å²) in [5, 5.41) is 8.90. The molecule has 4 heteroatoms. The quantitative estimate of drug-likeness (QED) is 0.749. The summed E-state index contributed by atoms with van der Waals surface area (Å²) in [7, 11) is 0. The lowest BCUT2D eigenvalue weighted by molar-refractivity contribution is 0.195. The van der Waals surface area contributed by atoms with Gasteiger partial charge in [-0.25, -0.2) is 14.3 Å². The maximum Gasteiger partial charge on any atom is 0.417 e. The molecule has 0 aliphatic rings. The Hall–Kier alpha value is -1.32. The Kier molecular flexibility index (Phi) is 2.64. The average Bonchev–Trinajstić information content (AvgIpc) is 2.45. The van der Waals surface area contributed by atoms with E-state index in [1.807, 2.05) is 27.7 Å². The number of carboxylic acid groups (broad SMARTS) is 1. The molecule has 1 aromatic rings. The fraction of sp³-hybridized carbons (Fsp3) is 0.600. The van der Waals surface area contributed by atoms with E-state index in [9.17, 15) is 4.79 Å². The minimum absolute atomic E-state index is 0.107. The molecule has 1 heterocycles. The van der Waals surface area contributed by atoms with Crippen molar-refractivity contribution in [2.45, 2.75) is 39.5 Å². The molecule has 0 spiro atoms. The monoisotopic (exact) mass is 196 g/mol. The highest BCUT2D eigenvalue weighted by Gasteiger charge is 2.20. The number of aryl methyl sites for hydroxylation is 1. The molecule has 1 N–H and O–H groups in total. The lowest BCUT2D eigenvalue weighted by Gasteiger charge is -2.13. The SMILES string of the molecule is CCc1nc(C(C)(C)C)cn1C(=O)O. The number of nitrogens with zero attached hydrogens (tertiary/aromatic N) is 2. The van der Waals surface area contributed by atoms with E-state index in [1.54, 1.807) is 6.20 Å². The maximum atomic E-state index is 10.8. The Morgan fingerprint density at radius 2 is 2.14 bits per heavy atom. The van der Waals surface area contributed by atoms with Crippen molar-refractivity contribution >= 4 is 6.09 Å².